The molecule has 3 rings (SSSR count). The average molecular weight is 387 g/mol. The van der Waals surface area contributed by atoms with Crippen molar-refractivity contribution in [3.8, 4) is 11.4 Å². The lowest BCUT2D eigenvalue weighted by Gasteiger charge is -2.17. The molecule has 1 aliphatic rings. The standard InChI is InChI=1S/C12H11FIN5O/c13-3-4-19-10-7(9(18-19)11(15)20)2-1-6-5-16-12(14)17-8(6)10/h5H,1-4H2,(H2,15,20). The smallest absolute Gasteiger partial charge is 0.269 e. The largest absolute Gasteiger partial charge is 0.364 e. The molecule has 0 bridgehead atoms. The number of amides is 1. The third kappa shape index (κ3) is 2.07. The molecule has 0 aromatic carbocycles. The first-order valence-corrected chi connectivity index (χ1v) is 7.17. The Balaban J connectivity index is 2.26. The third-order valence-electron chi connectivity index (χ3n) is 3.28. The van der Waals surface area contributed by atoms with Crippen molar-refractivity contribution in [2.24, 2.45) is 5.73 Å². The molecule has 0 unspecified atom stereocenters. The Bertz CT molecular complexity index is 699. The van der Waals surface area contributed by atoms with Crippen molar-refractivity contribution in [3.63, 3.8) is 0 Å². The predicted octanol–water partition coefficient (Wildman–Crippen LogP) is 1.11. The fraction of sp³-hybridized carbons (Fsp3) is 0.333. The van der Waals surface area contributed by atoms with Gasteiger partial charge in [-0.25, -0.2) is 14.4 Å². The van der Waals surface area contributed by atoms with E-state index in [0.29, 0.717) is 15.9 Å². The minimum Gasteiger partial charge on any atom is -0.364 e. The number of primary amides is 1. The molecule has 2 aromatic heterocycles. The summed E-state index contributed by atoms with van der Waals surface area (Å²) in [5.74, 6) is -0.592. The second-order valence-electron chi connectivity index (χ2n) is 4.47. The molecule has 0 saturated heterocycles. The van der Waals surface area contributed by atoms with Gasteiger partial charge in [0.05, 0.1) is 17.9 Å². The van der Waals surface area contributed by atoms with Crippen LogP contribution in [0.1, 0.15) is 21.6 Å². The van der Waals surface area contributed by atoms with E-state index in [-0.39, 0.29) is 12.2 Å². The summed E-state index contributed by atoms with van der Waals surface area (Å²) in [6.07, 6.45) is 3.13. The Morgan fingerprint density at radius 3 is 3.00 bits per heavy atom. The van der Waals surface area contributed by atoms with Gasteiger partial charge in [-0.2, -0.15) is 5.10 Å². The van der Waals surface area contributed by atoms with E-state index in [0.717, 1.165) is 23.2 Å². The summed E-state index contributed by atoms with van der Waals surface area (Å²) < 4.78 is 14.8. The lowest BCUT2D eigenvalue weighted by Crippen LogP contribution is -2.15. The van der Waals surface area contributed by atoms with Gasteiger partial charge >= 0.3 is 0 Å². The van der Waals surface area contributed by atoms with Gasteiger partial charge in [0.25, 0.3) is 5.91 Å². The predicted molar refractivity (Wildman–Crippen MR) is 77.9 cm³/mol. The highest BCUT2D eigenvalue weighted by atomic mass is 127. The number of rotatable bonds is 3. The quantitative estimate of drug-likeness (QED) is 0.632. The number of nitrogens with two attached hydrogens (primary N) is 1. The Morgan fingerprint density at radius 2 is 2.30 bits per heavy atom. The molecule has 1 amide bonds. The highest BCUT2D eigenvalue weighted by Gasteiger charge is 2.28. The molecule has 6 nitrogen and oxygen atoms in total. The molecular formula is C12H11FIN5O. The molecule has 2 aromatic rings. The van der Waals surface area contributed by atoms with Crippen molar-refractivity contribution >= 4 is 28.5 Å². The zero-order valence-electron chi connectivity index (χ0n) is 10.4. The van der Waals surface area contributed by atoms with E-state index in [1.807, 2.05) is 22.6 Å². The van der Waals surface area contributed by atoms with Crippen LogP contribution < -0.4 is 5.73 Å². The van der Waals surface area contributed by atoms with Gasteiger partial charge in [0.15, 0.2) is 9.53 Å². The van der Waals surface area contributed by atoms with E-state index >= 15 is 0 Å². The number of halogens is 2. The molecule has 2 N–H and O–H groups in total. The van der Waals surface area contributed by atoms with Crippen LogP contribution in [0.5, 0.6) is 0 Å². The molecular weight excluding hydrogens is 376 g/mol. The maximum atomic E-state index is 12.7. The van der Waals surface area contributed by atoms with E-state index in [9.17, 15) is 9.18 Å². The van der Waals surface area contributed by atoms with Gasteiger partial charge in [0, 0.05) is 34.4 Å². The lowest BCUT2D eigenvalue weighted by atomic mass is 9.93. The monoisotopic (exact) mass is 387 g/mol. The molecule has 0 fully saturated rings. The summed E-state index contributed by atoms with van der Waals surface area (Å²) in [7, 11) is 0. The summed E-state index contributed by atoms with van der Waals surface area (Å²) in [5, 5.41) is 4.15. The second kappa shape index (κ2) is 5.08. The van der Waals surface area contributed by atoms with Crippen molar-refractivity contribution in [1.82, 2.24) is 19.7 Å². The van der Waals surface area contributed by atoms with Crippen molar-refractivity contribution in [2.75, 3.05) is 6.67 Å². The van der Waals surface area contributed by atoms with Crippen molar-refractivity contribution in [3.05, 3.63) is 26.8 Å². The van der Waals surface area contributed by atoms with Crippen molar-refractivity contribution in [2.45, 2.75) is 19.4 Å². The van der Waals surface area contributed by atoms with Crippen molar-refractivity contribution in [1.29, 1.82) is 0 Å². The molecule has 0 aliphatic heterocycles. The number of nitrogens with zero attached hydrogens (tertiary/aromatic N) is 4. The van der Waals surface area contributed by atoms with Crippen molar-refractivity contribution < 1.29 is 9.18 Å². The first-order chi connectivity index (χ1) is 9.61. The number of hydrogen-bond donors (Lipinski definition) is 1. The van der Waals surface area contributed by atoms with Gasteiger partial charge in [0.2, 0.25) is 0 Å². The zero-order chi connectivity index (χ0) is 14.3. The van der Waals surface area contributed by atoms with Gasteiger partial charge in [-0.1, -0.05) is 0 Å². The molecule has 0 atom stereocenters. The van der Waals surface area contributed by atoms with Crippen LogP contribution in [0.2, 0.25) is 0 Å². The van der Waals surface area contributed by atoms with Crippen LogP contribution in [0.25, 0.3) is 11.4 Å². The first-order valence-electron chi connectivity index (χ1n) is 6.09. The molecule has 20 heavy (non-hydrogen) atoms. The Labute approximate surface area is 127 Å². The van der Waals surface area contributed by atoms with Crippen LogP contribution in [0.15, 0.2) is 6.20 Å². The van der Waals surface area contributed by atoms with E-state index in [2.05, 4.69) is 15.1 Å². The number of carbonyl (C=O) groups is 1. The van der Waals surface area contributed by atoms with Gasteiger partial charge in [-0.15, -0.1) is 0 Å². The van der Waals surface area contributed by atoms with Gasteiger partial charge in [-0.3, -0.25) is 9.48 Å². The summed E-state index contributed by atoms with van der Waals surface area (Å²) in [6, 6.07) is 0. The summed E-state index contributed by atoms with van der Waals surface area (Å²) >= 11 is 2.02. The maximum absolute atomic E-state index is 12.7. The highest BCUT2D eigenvalue weighted by molar-refractivity contribution is 14.1. The van der Waals surface area contributed by atoms with E-state index in [4.69, 9.17) is 5.73 Å². The second-order valence-corrected chi connectivity index (χ2v) is 5.43. The van der Waals surface area contributed by atoms with E-state index < -0.39 is 12.6 Å². The number of carbonyl (C=O) groups excluding carboxylic acids is 1. The number of hydrogen-bond acceptors (Lipinski definition) is 4. The van der Waals surface area contributed by atoms with Crippen LogP contribution in [-0.4, -0.2) is 32.3 Å². The Hall–Kier alpha value is -1.58. The molecule has 2 heterocycles. The van der Waals surface area contributed by atoms with E-state index in [1.54, 1.807) is 6.20 Å². The first kappa shape index (κ1) is 13.4. The molecule has 0 saturated carbocycles. The van der Waals surface area contributed by atoms with Gasteiger partial charge in [0.1, 0.15) is 6.67 Å². The number of alkyl halides is 1. The summed E-state index contributed by atoms with van der Waals surface area (Å²) in [6.45, 7) is -0.487. The molecule has 1 aliphatic carbocycles. The molecule has 0 spiro atoms. The molecule has 0 radical (unpaired) electrons. The fourth-order valence-corrected chi connectivity index (χ4v) is 2.85. The number of fused-ring (bicyclic) bond motifs is 3. The minimum atomic E-state index is -0.592. The zero-order valence-corrected chi connectivity index (χ0v) is 12.6. The summed E-state index contributed by atoms with van der Waals surface area (Å²) in [4.78, 5) is 20.1. The highest BCUT2D eigenvalue weighted by Crippen LogP contribution is 2.33. The third-order valence-corrected chi connectivity index (χ3v) is 3.80. The van der Waals surface area contributed by atoms with Crippen LogP contribution in [0.4, 0.5) is 4.39 Å². The lowest BCUT2D eigenvalue weighted by molar-refractivity contribution is 0.0993. The minimum absolute atomic E-state index is 0.0790. The van der Waals surface area contributed by atoms with Gasteiger partial charge in [-0.05, 0) is 18.4 Å². The SMILES string of the molecule is NC(=O)c1nn(CCF)c2c1CCc1cnc(I)nc1-2. The van der Waals surface area contributed by atoms with E-state index in [1.165, 1.54) is 4.68 Å². The molecule has 8 heteroatoms. The Morgan fingerprint density at radius 1 is 1.50 bits per heavy atom. The van der Waals surface area contributed by atoms with Crippen LogP contribution in [0, 0.1) is 3.83 Å². The van der Waals surface area contributed by atoms with Crippen LogP contribution in [-0.2, 0) is 19.4 Å². The molecule has 104 valence electrons. The fourth-order valence-electron chi connectivity index (χ4n) is 2.47. The summed E-state index contributed by atoms with van der Waals surface area (Å²) in [5.41, 5.74) is 8.72. The Kier molecular flexibility index (Phi) is 3.40. The number of aryl methyl sites for hydroxylation is 2. The average Bonchev–Trinajstić information content (AvgIpc) is 2.78. The van der Waals surface area contributed by atoms with Crippen LogP contribution in [0.3, 0.4) is 0 Å². The number of aromatic nitrogens is 4. The maximum Gasteiger partial charge on any atom is 0.269 e. The van der Waals surface area contributed by atoms with Gasteiger partial charge < -0.3 is 5.73 Å². The normalized spacial score (nSPS) is 12.9. The van der Waals surface area contributed by atoms with Crippen LogP contribution >= 0.6 is 22.6 Å². The topological polar surface area (TPSA) is 86.7 Å².